The summed E-state index contributed by atoms with van der Waals surface area (Å²) >= 11 is 1.48. The standard InChI is InChI=1S/C22H31N5O3S/c1-29-18-9-6-16(14-19(18)30-2)10-11-23-20(28)15-31-22-25-24-21(27(22)17-7-8-17)26-12-4-3-5-13-26/h6,9,14,17H,3-5,7-8,10-13,15H2,1-2H3,(H,23,28). The van der Waals surface area contributed by atoms with Gasteiger partial charge in [0.1, 0.15) is 0 Å². The molecule has 1 saturated carbocycles. The molecule has 1 aliphatic carbocycles. The largest absolute Gasteiger partial charge is 0.493 e. The fourth-order valence-corrected chi connectivity index (χ4v) is 4.72. The summed E-state index contributed by atoms with van der Waals surface area (Å²) in [6, 6.07) is 6.31. The van der Waals surface area contributed by atoms with Gasteiger partial charge in [-0.05, 0) is 56.2 Å². The van der Waals surface area contributed by atoms with Crippen molar-refractivity contribution in [1.82, 2.24) is 20.1 Å². The van der Waals surface area contributed by atoms with Crippen LogP contribution >= 0.6 is 11.8 Å². The normalized spacial score (nSPS) is 16.3. The molecule has 1 amide bonds. The van der Waals surface area contributed by atoms with Crippen molar-refractivity contribution in [3.8, 4) is 11.5 Å². The molecule has 1 aromatic heterocycles. The van der Waals surface area contributed by atoms with Crippen molar-refractivity contribution in [2.24, 2.45) is 0 Å². The lowest BCUT2D eigenvalue weighted by molar-refractivity contribution is -0.118. The fourth-order valence-electron chi connectivity index (χ4n) is 3.89. The van der Waals surface area contributed by atoms with Crippen LogP contribution < -0.4 is 19.7 Å². The number of nitrogens with zero attached hydrogens (tertiary/aromatic N) is 4. The highest BCUT2D eigenvalue weighted by molar-refractivity contribution is 7.99. The Labute approximate surface area is 187 Å². The molecule has 1 N–H and O–H groups in total. The molecular weight excluding hydrogens is 414 g/mol. The van der Waals surface area contributed by atoms with Crippen LogP contribution in [-0.2, 0) is 11.2 Å². The number of rotatable bonds is 10. The second-order valence-corrected chi connectivity index (χ2v) is 8.95. The predicted octanol–water partition coefficient (Wildman–Crippen LogP) is 3.07. The van der Waals surface area contributed by atoms with Crippen molar-refractivity contribution in [3.63, 3.8) is 0 Å². The summed E-state index contributed by atoms with van der Waals surface area (Å²) in [6.45, 7) is 2.67. The summed E-state index contributed by atoms with van der Waals surface area (Å²) in [5.74, 6) is 2.74. The van der Waals surface area contributed by atoms with Gasteiger partial charge in [-0.2, -0.15) is 0 Å². The molecule has 9 heteroatoms. The molecule has 2 fully saturated rings. The first-order chi connectivity index (χ1) is 15.2. The molecule has 2 heterocycles. The SMILES string of the molecule is COc1ccc(CCNC(=O)CSc2nnc(N3CCCCC3)n2C2CC2)cc1OC. The zero-order chi connectivity index (χ0) is 21.6. The number of hydrogen-bond acceptors (Lipinski definition) is 7. The van der Waals surface area contributed by atoms with Gasteiger partial charge in [-0.1, -0.05) is 17.8 Å². The number of carbonyl (C=O) groups excluding carboxylic acids is 1. The van der Waals surface area contributed by atoms with Crippen LogP contribution in [0.2, 0.25) is 0 Å². The zero-order valence-corrected chi connectivity index (χ0v) is 19.1. The molecule has 1 aromatic carbocycles. The Balaban J connectivity index is 1.28. The van der Waals surface area contributed by atoms with Gasteiger partial charge in [0, 0.05) is 25.7 Å². The minimum Gasteiger partial charge on any atom is -0.493 e. The number of ether oxygens (including phenoxy) is 2. The number of amides is 1. The van der Waals surface area contributed by atoms with Gasteiger partial charge in [-0.3, -0.25) is 9.36 Å². The highest BCUT2D eigenvalue weighted by atomic mass is 32.2. The lowest BCUT2D eigenvalue weighted by Gasteiger charge is -2.27. The van der Waals surface area contributed by atoms with Crippen LogP contribution in [0.3, 0.4) is 0 Å². The number of nitrogens with one attached hydrogen (secondary N) is 1. The van der Waals surface area contributed by atoms with Gasteiger partial charge >= 0.3 is 0 Å². The van der Waals surface area contributed by atoms with E-state index in [9.17, 15) is 4.79 Å². The summed E-state index contributed by atoms with van der Waals surface area (Å²) in [5.41, 5.74) is 1.09. The van der Waals surface area contributed by atoms with Crippen LogP contribution in [0.15, 0.2) is 23.4 Å². The van der Waals surface area contributed by atoms with Gasteiger partial charge < -0.3 is 19.7 Å². The maximum atomic E-state index is 12.4. The average molecular weight is 446 g/mol. The third-order valence-corrected chi connectivity index (χ3v) is 6.66. The van der Waals surface area contributed by atoms with E-state index in [1.807, 2.05) is 18.2 Å². The van der Waals surface area contributed by atoms with E-state index >= 15 is 0 Å². The van der Waals surface area contributed by atoms with Crippen molar-refractivity contribution in [1.29, 1.82) is 0 Å². The molecule has 0 spiro atoms. The molecule has 4 rings (SSSR count). The second kappa shape index (κ2) is 10.3. The molecular formula is C22H31N5O3S. The van der Waals surface area contributed by atoms with Gasteiger partial charge in [0.25, 0.3) is 0 Å². The van der Waals surface area contributed by atoms with Crippen molar-refractivity contribution < 1.29 is 14.3 Å². The van der Waals surface area contributed by atoms with Crippen molar-refractivity contribution >= 4 is 23.6 Å². The van der Waals surface area contributed by atoms with E-state index in [1.165, 1.54) is 43.9 Å². The lowest BCUT2D eigenvalue weighted by atomic mass is 10.1. The Hall–Kier alpha value is -2.42. The minimum atomic E-state index is 0.00958. The number of anilines is 1. The quantitative estimate of drug-likeness (QED) is 0.563. The van der Waals surface area contributed by atoms with E-state index < -0.39 is 0 Å². The van der Waals surface area contributed by atoms with Crippen LogP contribution in [0.5, 0.6) is 11.5 Å². The Bertz CT molecular complexity index is 893. The molecule has 0 atom stereocenters. The Kier molecular flexibility index (Phi) is 7.21. The third-order valence-electron chi connectivity index (χ3n) is 5.71. The van der Waals surface area contributed by atoms with Gasteiger partial charge in [0.2, 0.25) is 11.9 Å². The van der Waals surface area contributed by atoms with Crippen LogP contribution in [-0.4, -0.2) is 60.3 Å². The molecule has 8 nitrogen and oxygen atoms in total. The molecule has 1 saturated heterocycles. The van der Waals surface area contributed by atoms with Gasteiger partial charge in [0.05, 0.1) is 20.0 Å². The molecule has 0 unspecified atom stereocenters. The molecule has 31 heavy (non-hydrogen) atoms. The van der Waals surface area contributed by atoms with Crippen LogP contribution in [0.25, 0.3) is 0 Å². The maximum absolute atomic E-state index is 12.4. The summed E-state index contributed by atoms with van der Waals surface area (Å²) in [4.78, 5) is 14.7. The molecule has 0 bridgehead atoms. The minimum absolute atomic E-state index is 0.00958. The number of aromatic nitrogens is 3. The van der Waals surface area contributed by atoms with Crippen LogP contribution in [0.4, 0.5) is 5.95 Å². The summed E-state index contributed by atoms with van der Waals surface area (Å²) in [6.07, 6.45) is 6.78. The number of thioether (sulfide) groups is 1. The van der Waals surface area contributed by atoms with E-state index in [-0.39, 0.29) is 5.91 Å². The van der Waals surface area contributed by atoms with Gasteiger partial charge in [-0.15, -0.1) is 10.2 Å². The fraction of sp³-hybridized carbons (Fsp3) is 0.591. The number of hydrogen-bond donors (Lipinski definition) is 1. The topological polar surface area (TPSA) is 81.5 Å². The monoisotopic (exact) mass is 445 g/mol. The third kappa shape index (κ3) is 5.44. The van der Waals surface area contributed by atoms with Gasteiger partial charge in [0.15, 0.2) is 16.7 Å². The van der Waals surface area contributed by atoms with Gasteiger partial charge in [-0.25, -0.2) is 0 Å². The molecule has 0 radical (unpaired) electrons. The predicted molar refractivity (Wildman–Crippen MR) is 121 cm³/mol. The van der Waals surface area contributed by atoms with Crippen molar-refractivity contribution in [2.45, 2.75) is 49.7 Å². The smallest absolute Gasteiger partial charge is 0.230 e. The van der Waals surface area contributed by atoms with E-state index in [0.29, 0.717) is 29.8 Å². The maximum Gasteiger partial charge on any atom is 0.230 e. The molecule has 1 aliphatic heterocycles. The van der Waals surface area contributed by atoms with Crippen molar-refractivity contribution in [3.05, 3.63) is 23.8 Å². The number of methoxy groups -OCH3 is 2. The lowest BCUT2D eigenvalue weighted by Crippen LogP contribution is -2.32. The Morgan fingerprint density at radius 2 is 1.90 bits per heavy atom. The van der Waals surface area contributed by atoms with E-state index in [1.54, 1.807) is 14.2 Å². The summed E-state index contributed by atoms with van der Waals surface area (Å²) in [5, 5.41) is 12.8. The van der Waals surface area contributed by atoms with E-state index in [0.717, 1.165) is 36.2 Å². The van der Waals surface area contributed by atoms with Crippen LogP contribution in [0.1, 0.15) is 43.7 Å². The Morgan fingerprint density at radius 1 is 1.13 bits per heavy atom. The number of piperidine rings is 1. The van der Waals surface area contributed by atoms with E-state index in [4.69, 9.17) is 9.47 Å². The number of benzene rings is 1. The second-order valence-electron chi connectivity index (χ2n) is 8.01. The summed E-state index contributed by atoms with van der Waals surface area (Å²) < 4.78 is 12.9. The first-order valence-corrected chi connectivity index (χ1v) is 12.0. The summed E-state index contributed by atoms with van der Waals surface area (Å²) in [7, 11) is 3.24. The van der Waals surface area contributed by atoms with E-state index in [2.05, 4.69) is 25.0 Å². The first kappa shape index (κ1) is 21.8. The highest BCUT2D eigenvalue weighted by Gasteiger charge is 2.32. The molecule has 2 aliphatic rings. The Morgan fingerprint density at radius 3 is 2.61 bits per heavy atom. The molecule has 168 valence electrons. The van der Waals surface area contributed by atoms with Crippen LogP contribution in [0, 0.1) is 0 Å². The highest BCUT2D eigenvalue weighted by Crippen LogP contribution is 2.41. The van der Waals surface area contributed by atoms with Crippen molar-refractivity contribution in [2.75, 3.05) is 44.5 Å². The molecule has 2 aromatic rings. The number of carbonyl (C=O) groups is 1. The average Bonchev–Trinajstić information content (AvgIpc) is 3.56. The zero-order valence-electron chi connectivity index (χ0n) is 18.3. The first-order valence-electron chi connectivity index (χ1n) is 11.0.